The number of piperidine rings is 1. The number of amides is 1. The van der Waals surface area contributed by atoms with Gasteiger partial charge in [-0.2, -0.15) is 0 Å². The summed E-state index contributed by atoms with van der Waals surface area (Å²) in [7, 11) is 0. The topological polar surface area (TPSA) is 41.6 Å². The lowest BCUT2D eigenvalue weighted by molar-refractivity contribution is -0.134. The van der Waals surface area contributed by atoms with E-state index in [0.29, 0.717) is 25.0 Å². The number of hydrogen-bond donors (Lipinski definition) is 1. The van der Waals surface area contributed by atoms with Crippen LogP contribution >= 0.6 is 0 Å². The second-order valence-corrected chi connectivity index (χ2v) is 5.72. The van der Waals surface area contributed by atoms with Gasteiger partial charge in [-0.1, -0.05) is 27.2 Å². The van der Waals surface area contributed by atoms with Crippen LogP contribution in [0.2, 0.25) is 0 Å². The van der Waals surface area contributed by atoms with Crippen LogP contribution in [0.1, 0.15) is 52.9 Å². The number of rotatable bonds is 9. The van der Waals surface area contributed by atoms with Gasteiger partial charge in [0.2, 0.25) is 5.91 Å². The van der Waals surface area contributed by atoms with Crippen molar-refractivity contribution < 1.29 is 9.53 Å². The molecular weight excluding hydrogens is 252 g/mol. The van der Waals surface area contributed by atoms with Crippen molar-refractivity contribution in [2.24, 2.45) is 5.92 Å². The molecule has 1 rings (SSSR count). The molecule has 0 aromatic carbocycles. The third kappa shape index (κ3) is 5.80. The fourth-order valence-corrected chi connectivity index (χ4v) is 2.83. The fourth-order valence-electron chi connectivity index (χ4n) is 2.83. The maximum Gasteiger partial charge on any atom is 0.224 e. The first-order valence-corrected chi connectivity index (χ1v) is 8.31. The molecule has 4 heteroatoms. The van der Waals surface area contributed by atoms with Crippen LogP contribution in [0.4, 0.5) is 0 Å². The van der Waals surface area contributed by atoms with E-state index in [4.69, 9.17) is 4.74 Å². The second-order valence-electron chi connectivity index (χ2n) is 5.72. The molecule has 2 unspecified atom stereocenters. The summed E-state index contributed by atoms with van der Waals surface area (Å²) in [6.45, 7) is 10.7. The quantitative estimate of drug-likeness (QED) is 0.661. The van der Waals surface area contributed by atoms with Crippen molar-refractivity contribution in [2.45, 2.75) is 58.9 Å². The van der Waals surface area contributed by atoms with Crippen LogP contribution in [0.3, 0.4) is 0 Å². The van der Waals surface area contributed by atoms with E-state index < -0.39 is 0 Å². The van der Waals surface area contributed by atoms with E-state index in [-0.39, 0.29) is 5.91 Å². The average Bonchev–Trinajstić information content (AvgIpc) is 2.49. The summed E-state index contributed by atoms with van der Waals surface area (Å²) in [5, 5.41) is 3.63. The molecule has 20 heavy (non-hydrogen) atoms. The van der Waals surface area contributed by atoms with Crippen LogP contribution in [-0.4, -0.2) is 49.7 Å². The Kier molecular flexibility index (Phi) is 8.86. The molecule has 0 bridgehead atoms. The van der Waals surface area contributed by atoms with Crippen molar-refractivity contribution in [3.8, 4) is 0 Å². The lowest BCUT2D eigenvalue weighted by atomic mass is 9.89. The highest BCUT2D eigenvalue weighted by Crippen LogP contribution is 2.20. The predicted octanol–water partition coefficient (Wildman–Crippen LogP) is 2.43. The first-order chi connectivity index (χ1) is 9.72. The Bertz CT molecular complexity index is 271. The van der Waals surface area contributed by atoms with Gasteiger partial charge in [-0.25, -0.2) is 0 Å². The molecule has 0 aromatic heterocycles. The third-order valence-electron chi connectivity index (χ3n) is 4.08. The van der Waals surface area contributed by atoms with Gasteiger partial charge in [-0.3, -0.25) is 4.79 Å². The zero-order valence-electron chi connectivity index (χ0n) is 13.5. The molecule has 1 N–H and O–H groups in total. The summed E-state index contributed by atoms with van der Waals surface area (Å²) < 4.78 is 5.41. The third-order valence-corrected chi connectivity index (χ3v) is 4.08. The number of carbonyl (C=O) groups is 1. The SMILES string of the molecule is CCCNC1CCN(C(=O)CCOCCC)CC1CC. The molecule has 4 nitrogen and oxygen atoms in total. The van der Waals surface area contributed by atoms with E-state index >= 15 is 0 Å². The van der Waals surface area contributed by atoms with Gasteiger partial charge >= 0.3 is 0 Å². The number of ether oxygens (including phenoxy) is 1. The Morgan fingerprint density at radius 3 is 2.70 bits per heavy atom. The van der Waals surface area contributed by atoms with Crippen molar-refractivity contribution >= 4 is 5.91 Å². The predicted molar refractivity (Wildman–Crippen MR) is 82.8 cm³/mol. The van der Waals surface area contributed by atoms with Gasteiger partial charge in [0.25, 0.3) is 0 Å². The molecule has 1 heterocycles. The number of hydrogen-bond acceptors (Lipinski definition) is 3. The van der Waals surface area contributed by atoms with Crippen molar-refractivity contribution in [1.29, 1.82) is 0 Å². The fraction of sp³-hybridized carbons (Fsp3) is 0.938. The number of likely N-dealkylation sites (tertiary alicyclic amines) is 1. The van der Waals surface area contributed by atoms with Gasteiger partial charge in [-0.15, -0.1) is 0 Å². The molecule has 0 spiro atoms. The first-order valence-electron chi connectivity index (χ1n) is 8.31. The van der Waals surface area contributed by atoms with E-state index in [1.54, 1.807) is 0 Å². The number of nitrogens with zero attached hydrogens (tertiary/aromatic N) is 1. The number of carbonyl (C=O) groups excluding carboxylic acids is 1. The molecule has 1 saturated heterocycles. The van der Waals surface area contributed by atoms with Crippen molar-refractivity contribution in [3.05, 3.63) is 0 Å². The van der Waals surface area contributed by atoms with Gasteiger partial charge in [0.1, 0.15) is 0 Å². The van der Waals surface area contributed by atoms with Crippen molar-refractivity contribution in [1.82, 2.24) is 10.2 Å². The molecule has 2 atom stereocenters. The maximum absolute atomic E-state index is 12.2. The monoisotopic (exact) mass is 284 g/mol. The highest BCUT2D eigenvalue weighted by atomic mass is 16.5. The molecule has 0 aliphatic carbocycles. The summed E-state index contributed by atoms with van der Waals surface area (Å²) in [6, 6.07) is 0.584. The van der Waals surface area contributed by atoms with E-state index in [2.05, 4.69) is 26.1 Å². The molecular formula is C16H32N2O2. The Morgan fingerprint density at radius 1 is 1.25 bits per heavy atom. The first kappa shape index (κ1) is 17.4. The molecule has 118 valence electrons. The summed E-state index contributed by atoms with van der Waals surface area (Å²) in [6.07, 6.45) is 4.94. The molecule has 1 amide bonds. The zero-order chi connectivity index (χ0) is 14.8. The second kappa shape index (κ2) is 10.2. The normalized spacial score (nSPS) is 23.1. The Labute approximate surface area is 124 Å². The minimum atomic E-state index is 0.258. The molecule has 1 fully saturated rings. The van der Waals surface area contributed by atoms with E-state index in [0.717, 1.165) is 45.5 Å². The standard InChI is InChI=1S/C16H32N2O2/c1-4-9-17-15-7-10-18(13-14(15)6-3)16(19)8-12-20-11-5-2/h14-15,17H,4-13H2,1-3H3. The van der Waals surface area contributed by atoms with Gasteiger partial charge in [0.15, 0.2) is 0 Å². The summed E-state index contributed by atoms with van der Waals surface area (Å²) in [5.74, 6) is 0.851. The minimum absolute atomic E-state index is 0.258. The van der Waals surface area contributed by atoms with Crippen LogP contribution in [0.5, 0.6) is 0 Å². The zero-order valence-corrected chi connectivity index (χ0v) is 13.5. The van der Waals surface area contributed by atoms with E-state index in [9.17, 15) is 4.79 Å². The lowest BCUT2D eigenvalue weighted by Crippen LogP contribution is -2.51. The highest BCUT2D eigenvalue weighted by molar-refractivity contribution is 5.76. The Balaban J connectivity index is 2.33. The van der Waals surface area contributed by atoms with Gasteiger partial charge in [0.05, 0.1) is 13.0 Å². The molecule has 0 aromatic rings. The van der Waals surface area contributed by atoms with Crippen molar-refractivity contribution in [3.63, 3.8) is 0 Å². The van der Waals surface area contributed by atoms with Crippen LogP contribution in [0.25, 0.3) is 0 Å². The van der Waals surface area contributed by atoms with Crippen molar-refractivity contribution in [2.75, 3.05) is 32.8 Å². The minimum Gasteiger partial charge on any atom is -0.381 e. The van der Waals surface area contributed by atoms with Crippen LogP contribution < -0.4 is 5.32 Å². The molecule has 1 aliphatic heterocycles. The van der Waals surface area contributed by atoms with Gasteiger partial charge in [-0.05, 0) is 31.7 Å². The molecule has 0 saturated carbocycles. The smallest absolute Gasteiger partial charge is 0.224 e. The largest absolute Gasteiger partial charge is 0.381 e. The Hall–Kier alpha value is -0.610. The number of nitrogens with one attached hydrogen (secondary N) is 1. The highest BCUT2D eigenvalue weighted by Gasteiger charge is 2.29. The Morgan fingerprint density at radius 2 is 2.05 bits per heavy atom. The van der Waals surface area contributed by atoms with Gasteiger partial charge < -0.3 is 15.0 Å². The molecule has 1 aliphatic rings. The maximum atomic E-state index is 12.2. The van der Waals surface area contributed by atoms with Crippen LogP contribution in [0.15, 0.2) is 0 Å². The summed E-state index contributed by atoms with van der Waals surface area (Å²) in [4.78, 5) is 14.2. The van der Waals surface area contributed by atoms with Crippen LogP contribution in [0, 0.1) is 5.92 Å². The van der Waals surface area contributed by atoms with Gasteiger partial charge in [0, 0.05) is 25.7 Å². The van der Waals surface area contributed by atoms with E-state index in [1.807, 2.05) is 4.90 Å². The molecule has 0 radical (unpaired) electrons. The average molecular weight is 284 g/mol. The van der Waals surface area contributed by atoms with Crippen LogP contribution in [-0.2, 0) is 9.53 Å². The van der Waals surface area contributed by atoms with E-state index in [1.165, 1.54) is 6.42 Å². The lowest BCUT2D eigenvalue weighted by Gasteiger charge is -2.39. The summed E-state index contributed by atoms with van der Waals surface area (Å²) >= 11 is 0. The summed E-state index contributed by atoms with van der Waals surface area (Å²) in [5.41, 5.74) is 0.